The minimum absolute atomic E-state index is 0.112. The minimum Gasteiger partial charge on any atom is -0.317 e. The lowest BCUT2D eigenvalue weighted by molar-refractivity contribution is -0.117. The Hall–Kier alpha value is -3.60. The molecule has 0 bridgehead atoms. The minimum atomic E-state index is -0.407. The molecule has 1 aliphatic heterocycles. The zero-order valence-corrected chi connectivity index (χ0v) is 14.2. The summed E-state index contributed by atoms with van der Waals surface area (Å²) in [6.07, 6.45) is 3.53. The number of aromatic nitrogens is 1. The first kappa shape index (κ1) is 15.9. The average molecular weight is 343 g/mol. The summed E-state index contributed by atoms with van der Waals surface area (Å²) in [5.74, 6) is -0.770. The van der Waals surface area contributed by atoms with E-state index in [9.17, 15) is 9.59 Å². The molecule has 1 saturated heterocycles. The molecule has 5 nitrogen and oxygen atoms in total. The highest BCUT2D eigenvalue weighted by Crippen LogP contribution is 2.22. The van der Waals surface area contributed by atoms with Crippen molar-refractivity contribution in [2.75, 3.05) is 5.01 Å². The standard InChI is InChI=1S/C21H17N3O2/c1-15-9-11-16(12-10-15)23-13-5-8-18(23)14-19-20(25)22-24(21(19)26)17-6-3-2-4-7-17/h2-14H,1H3,(H,22,25). The number of nitrogens with one attached hydrogen (secondary N) is 1. The van der Waals surface area contributed by atoms with E-state index in [0.29, 0.717) is 5.69 Å². The molecule has 2 aromatic carbocycles. The molecule has 0 spiro atoms. The first-order valence-electron chi connectivity index (χ1n) is 8.30. The molecule has 4 rings (SSSR count). The van der Waals surface area contributed by atoms with Gasteiger partial charge in [0.15, 0.2) is 0 Å². The topological polar surface area (TPSA) is 54.3 Å². The van der Waals surface area contributed by atoms with Crippen LogP contribution in [-0.2, 0) is 9.59 Å². The fourth-order valence-corrected chi connectivity index (χ4v) is 2.92. The summed E-state index contributed by atoms with van der Waals surface area (Å²) in [4.78, 5) is 25.0. The Morgan fingerprint density at radius 1 is 0.846 bits per heavy atom. The first-order chi connectivity index (χ1) is 12.6. The molecule has 3 aromatic rings. The summed E-state index contributed by atoms with van der Waals surface area (Å²) in [5.41, 5.74) is 6.26. The maximum absolute atomic E-state index is 12.7. The van der Waals surface area contributed by atoms with Crippen LogP contribution in [0.15, 0.2) is 78.5 Å². The van der Waals surface area contributed by atoms with E-state index in [1.165, 1.54) is 10.6 Å². The summed E-state index contributed by atoms with van der Waals surface area (Å²) in [5, 5.41) is 1.27. The molecular weight excluding hydrogens is 326 g/mol. The van der Waals surface area contributed by atoms with Gasteiger partial charge in [0.2, 0.25) is 0 Å². The third kappa shape index (κ3) is 2.80. The van der Waals surface area contributed by atoms with E-state index in [2.05, 4.69) is 5.43 Å². The number of carbonyl (C=O) groups is 2. The zero-order chi connectivity index (χ0) is 18.1. The van der Waals surface area contributed by atoms with Crippen molar-refractivity contribution in [1.82, 2.24) is 9.99 Å². The van der Waals surface area contributed by atoms with Gasteiger partial charge in [-0.25, -0.2) is 5.01 Å². The molecular formula is C21H17N3O2. The molecule has 1 fully saturated rings. The predicted octanol–water partition coefficient (Wildman–Crippen LogP) is 3.25. The Bertz CT molecular complexity index is 1000. The highest BCUT2D eigenvalue weighted by Gasteiger charge is 2.34. The van der Waals surface area contributed by atoms with Gasteiger partial charge in [-0.1, -0.05) is 35.9 Å². The second-order valence-electron chi connectivity index (χ2n) is 6.11. The zero-order valence-electron chi connectivity index (χ0n) is 14.2. The monoisotopic (exact) mass is 343 g/mol. The number of amides is 2. The molecule has 2 heterocycles. The Morgan fingerprint density at radius 2 is 1.58 bits per heavy atom. The lowest BCUT2D eigenvalue weighted by Gasteiger charge is -2.13. The van der Waals surface area contributed by atoms with Crippen molar-refractivity contribution in [2.24, 2.45) is 0 Å². The lowest BCUT2D eigenvalue weighted by Crippen LogP contribution is -2.35. The van der Waals surface area contributed by atoms with Crippen molar-refractivity contribution < 1.29 is 9.59 Å². The molecule has 26 heavy (non-hydrogen) atoms. The number of benzene rings is 2. The smallest absolute Gasteiger partial charge is 0.282 e. The molecule has 1 aromatic heterocycles. The van der Waals surface area contributed by atoms with Crippen LogP contribution < -0.4 is 10.4 Å². The van der Waals surface area contributed by atoms with Crippen LogP contribution in [0, 0.1) is 6.92 Å². The van der Waals surface area contributed by atoms with Gasteiger partial charge in [0.25, 0.3) is 11.8 Å². The van der Waals surface area contributed by atoms with Gasteiger partial charge in [-0.2, -0.15) is 0 Å². The third-order valence-electron chi connectivity index (χ3n) is 4.29. The molecule has 1 aliphatic rings. The lowest BCUT2D eigenvalue weighted by atomic mass is 10.2. The Labute approximate surface area is 151 Å². The van der Waals surface area contributed by atoms with E-state index >= 15 is 0 Å². The first-order valence-corrected chi connectivity index (χ1v) is 8.30. The summed E-state index contributed by atoms with van der Waals surface area (Å²) >= 11 is 0. The molecule has 0 saturated carbocycles. The fraction of sp³-hybridized carbons (Fsp3) is 0.0476. The maximum Gasteiger partial charge on any atom is 0.282 e. The molecule has 128 valence electrons. The second kappa shape index (κ2) is 6.37. The van der Waals surface area contributed by atoms with Crippen LogP contribution in [0.5, 0.6) is 0 Å². The van der Waals surface area contributed by atoms with Crippen molar-refractivity contribution >= 4 is 23.6 Å². The largest absolute Gasteiger partial charge is 0.317 e. The maximum atomic E-state index is 12.7. The van der Waals surface area contributed by atoms with E-state index in [1.807, 2.05) is 72.3 Å². The number of para-hydroxylation sites is 1. The van der Waals surface area contributed by atoms with Crippen LogP contribution in [0.25, 0.3) is 11.8 Å². The van der Waals surface area contributed by atoms with Crippen molar-refractivity contribution in [2.45, 2.75) is 6.92 Å². The quantitative estimate of drug-likeness (QED) is 0.586. The van der Waals surface area contributed by atoms with Crippen LogP contribution in [0.4, 0.5) is 5.69 Å². The van der Waals surface area contributed by atoms with Gasteiger partial charge in [-0.05, 0) is 49.4 Å². The van der Waals surface area contributed by atoms with Gasteiger partial charge in [0.1, 0.15) is 5.57 Å². The number of anilines is 1. The molecule has 0 atom stereocenters. The van der Waals surface area contributed by atoms with Crippen molar-refractivity contribution in [3.8, 4) is 5.69 Å². The highest BCUT2D eigenvalue weighted by molar-refractivity contribution is 6.31. The number of hydrogen-bond donors (Lipinski definition) is 1. The Kier molecular flexibility index (Phi) is 3.89. The van der Waals surface area contributed by atoms with Crippen LogP contribution in [0.2, 0.25) is 0 Å². The molecule has 0 aliphatic carbocycles. The van der Waals surface area contributed by atoms with Gasteiger partial charge in [0.05, 0.1) is 5.69 Å². The van der Waals surface area contributed by atoms with Gasteiger partial charge in [-0.15, -0.1) is 0 Å². The molecule has 0 unspecified atom stereocenters. The number of rotatable bonds is 3. The van der Waals surface area contributed by atoms with Gasteiger partial charge < -0.3 is 4.57 Å². The van der Waals surface area contributed by atoms with E-state index in [1.54, 1.807) is 18.2 Å². The molecule has 0 radical (unpaired) electrons. The van der Waals surface area contributed by atoms with Crippen molar-refractivity contribution in [3.05, 3.63) is 89.8 Å². The molecule has 5 heteroatoms. The van der Waals surface area contributed by atoms with E-state index in [4.69, 9.17) is 0 Å². The van der Waals surface area contributed by atoms with Crippen LogP contribution in [0.3, 0.4) is 0 Å². The number of carbonyl (C=O) groups excluding carboxylic acids is 2. The summed E-state index contributed by atoms with van der Waals surface area (Å²) in [7, 11) is 0. The molecule has 1 N–H and O–H groups in total. The fourth-order valence-electron chi connectivity index (χ4n) is 2.92. The number of hydrazine groups is 1. The SMILES string of the molecule is Cc1ccc(-n2cccc2C=C2C(=O)NN(c3ccccc3)C2=O)cc1. The predicted molar refractivity (Wildman–Crippen MR) is 101 cm³/mol. The van der Waals surface area contributed by atoms with Gasteiger partial charge >= 0.3 is 0 Å². The van der Waals surface area contributed by atoms with Crippen LogP contribution in [-0.4, -0.2) is 16.4 Å². The number of hydrogen-bond acceptors (Lipinski definition) is 2. The molecule has 2 amide bonds. The number of aryl methyl sites for hydroxylation is 1. The van der Waals surface area contributed by atoms with Crippen molar-refractivity contribution in [1.29, 1.82) is 0 Å². The normalized spacial score (nSPS) is 15.6. The number of nitrogens with zero attached hydrogens (tertiary/aromatic N) is 2. The van der Waals surface area contributed by atoms with Gasteiger partial charge in [-0.3, -0.25) is 15.0 Å². The average Bonchev–Trinajstić information content (AvgIpc) is 3.23. The Balaban J connectivity index is 1.69. The van der Waals surface area contributed by atoms with Crippen LogP contribution >= 0.6 is 0 Å². The Morgan fingerprint density at radius 3 is 2.31 bits per heavy atom. The van der Waals surface area contributed by atoms with Gasteiger partial charge in [0, 0.05) is 17.6 Å². The highest BCUT2D eigenvalue weighted by atomic mass is 16.2. The summed E-state index contributed by atoms with van der Waals surface area (Å²) in [6, 6.07) is 20.9. The van der Waals surface area contributed by atoms with Crippen molar-refractivity contribution in [3.63, 3.8) is 0 Å². The summed E-state index contributed by atoms with van der Waals surface area (Å²) in [6.45, 7) is 2.03. The third-order valence-corrected chi connectivity index (χ3v) is 4.29. The van der Waals surface area contributed by atoms with Crippen LogP contribution in [0.1, 0.15) is 11.3 Å². The summed E-state index contributed by atoms with van der Waals surface area (Å²) < 4.78 is 1.94. The second-order valence-corrected chi connectivity index (χ2v) is 6.11. The van der Waals surface area contributed by atoms with E-state index < -0.39 is 5.91 Å². The van der Waals surface area contributed by atoms with E-state index in [-0.39, 0.29) is 11.5 Å². The van der Waals surface area contributed by atoms with E-state index in [0.717, 1.165) is 11.4 Å².